The molecule has 0 aliphatic rings. The highest BCUT2D eigenvalue weighted by Gasteiger charge is 2.17. The fourth-order valence-electron chi connectivity index (χ4n) is 2.80. The summed E-state index contributed by atoms with van der Waals surface area (Å²) in [5, 5.41) is 39.1. The van der Waals surface area contributed by atoms with E-state index in [9.17, 15) is 20.1 Å². The molecule has 0 aliphatic heterocycles. The van der Waals surface area contributed by atoms with Crippen LogP contribution in [0.4, 0.5) is 0 Å². The molecule has 1 aromatic heterocycles. The Balaban J connectivity index is 2.37. The third-order valence-corrected chi connectivity index (χ3v) is 3.83. The van der Waals surface area contributed by atoms with Crippen LogP contribution in [-0.2, 0) is 6.54 Å². The molecular formula is C14H15B2NO4. The van der Waals surface area contributed by atoms with Crippen molar-refractivity contribution >= 4 is 47.0 Å². The van der Waals surface area contributed by atoms with Gasteiger partial charge in [0, 0.05) is 28.4 Å². The van der Waals surface area contributed by atoms with Crippen LogP contribution in [0.2, 0.25) is 0 Å². The van der Waals surface area contributed by atoms with Crippen LogP contribution in [0.1, 0.15) is 6.92 Å². The van der Waals surface area contributed by atoms with Crippen molar-refractivity contribution in [3.63, 3.8) is 0 Å². The molecule has 0 radical (unpaired) electrons. The van der Waals surface area contributed by atoms with Crippen molar-refractivity contribution in [1.82, 2.24) is 4.57 Å². The van der Waals surface area contributed by atoms with E-state index in [-0.39, 0.29) is 0 Å². The van der Waals surface area contributed by atoms with Gasteiger partial charge >= 0.3 is 14.2 Å². The third-order valence-electron chi connectivity index (χ3n) is 3.83. The summed E-state index contributed by atoms with van der Waals surface area (Å²) in [6, 6.07) is 10.5. The second-order valence-corrected chi connectivity index (χ2v) is 5.04. The first-order valence-corrected chi connectivity index (χ1v) is 6.81. The lowest BCUT2D eigenvalue weighted by Crippen LogP contribution is -2.29. The normalized spacial score (nSPS) is 11.3. The molecule has 21 heavy (non-hydrogen) atoms. The van der Waals surface area contributed by atoms with Crippen molar-refractivity contribution in [2.24, 2.45) is 0 Å². The summed E-state index contributed by atoms with van der Waals surface area (Å²) >= 11 is 0. The molecule has 0 unspecified atom stereocenters. The molecule has 0 fully saturated rings. The number of aromatic nitrogens is 1. The van der Waals surface area contributed by atoms with E-state index in [1.165, 1.54) is 0 Å². The maximum Gasteiger partial charge on any atom is 0.488 e. The van der Waals surface area contributed by atoms with Crippen molar-refractivity contribution in [2.75, 3.05) is 0 Å². The first-order valence-electron chi connectivity index (χ1n) is 6.81. The van der Waals surface area contributed by atoms with Gasteiger partial charge in [0.1, 0.15) is 0 Å². The van der Waals surface area contributed by atoms with Crippen molar-refractivity contribution in [1.29, 1.82) is 0 Å². The Morgan fingerprint density at radius 1 is 0.810 bits per heavy atom. The molecule has 3 aromatic rings. The molecule has 0 bridgehead atoms. The van der Waals surface area contributed by atoms with E-state index in [1.807, 2.05) is 19.1 Å². The van der Waals surface area contributed by atoms with Gasteiger partial charge in [0.15, 0.2) is 0 Å². The molecule has 0 amide bonds. The van der Waals surface area contributed by atoms with E-state index in [0.29, 0.717) is 10.9 Å². The SMILES string of the molecule is CCn1c2ccc(B(O)O)cc2c2ccc(B(O)O)cc21. The average Bonchev–Trinajstić information content (AvgIpc) is 2.79. The van der Waals surface area contributed by atoms with Crippen LogP contribution >= 0.6 is 0 Å². The fraction of sp³-hybridized carbons (Fsp3) is 0.143. The summed E-state index contributed by atoms with van der Waals surface area (Å²) in [6.07, 6.45) is 0. The van der Waals surface area contributed by atoms with Gasteiger partial charge in [-0.05, 0) is 30.0 Å². The minimum absolute atomic E-state index is 0.433. The summed E-state index contributed by atoms with van der Waals surface area (Å²) in [5.74, 6) is 0. The second-order valence-electron chi connectivity index (χ2n) is 5.04. The highest BCUT2D eigenvalue weighted by Crippen LogP contribution is 2.27. The standard InChI is InChI=1S/C14H15B2NO4/c1-2-17-13-6-4-9(15(18)19)7-12(13)11-5-3-10(16(20)21)8-14(11)17/h3-8,18-21H,2H2,1H3. The van der Waals surface area contributed by atoms with E-state index in [4.69, 9.17) is 0 Å². The zero-order valence-corrected chi connectivity index (χ0v) is 11.6. The number of nitrogens with zero attached hydrogens (tertiary/aromatic N) is 1. The number of aryl methyl sites for hydroxylation is 1. The Kier molecular flexibility index (Phi) is 3.51. The van der Waals surface area contributed by atoms with Crippen molar-refractivity contribution in [3.8, 4) is 0 Å². The first kappa shape index (κ1) is 14.2. The zero-order valence-electron chi connectivity index (χ0n) is 11.6. The third kappa shape index (κ3) is 2.24. The number of benzene rings is 2. The molecule has 0 saturated carbocycles. The van der Waals surface area contributed by atoms with E-state index >= 15 is 0 Å². The Morgan fingerprint density at radius 2 is 1.43 bits per heavy atom. The molecule has 106 valence electrons. The number of fused-ring (bicyclic) bond motifs is 3. The molecular weight excluding hydrogens is 268 g/mol. The van der Waals surface area contributed by atoms with Crippen LogP contribution in [0.15, 0.2) is 36.4 Å². The van der Waals surface area contributed by atoms with Gasteiger partial charge in [0.2, 0.25) is 0 Å². The Labute approximate surface area is 122 Å². The minimum Gasteiger partial charge on any atom is -0.423 e. The summed E-state index contributed by atoms with van der Waals surface area (Å²) in [6.45, 7) is 2.74. The molecule has 5 nitrogen and oxygen atoms in total. The van der Waals surface area contributed by atoms with E-state index in [0.717, 1.165) is 28.4 Å². The molecule has 0 aliphatic carbocycles. The fourth-order valence-corrected chi connectivity index (χ4v) is 2.80. The van der Waals surface area contributed by atoms with Gasteiger partial charge in [-0.3, -0.25) is 0 Å². The molecule has 3 rings (SSSR count). The Hall–Kier alpha value is -1.79. The molecule has 1 heterocycles. The summed E-state index contributed by atoms with van der Waals surface area (Å²) < 4.78 is 2.06. The largest absolute Gasteiger partial charge is 0.488 e. The van der Waals surface area contributed by atoms with Crippen molar-refractivity contribution in [2.45, 2.75) is 13.5 Å². The van der Waals surface area contributed by atoms with Crippen LogP contribution in [0.5, 0.6) is 0 Å². The molecule has 0 spiro atoms. The van der Waals surface area contributed by atoms with Crippen LogP contribution in [0.25, 0.3) is 21.8 Å². The highest BCUT2D eigenvalue weighted by atomic mass is 16.4. The van der Waals surface area contributed by atoms with E-state index in [1.54, 1.807) is 24.3 Å². The van der Waals surface area contributed by atoms with Gasteiger partial charge in [-0.1, -0.05) is 24.3 Å². The maximum atomic E-state index is 9.32. The smallest absolute Gasteiger partial charge is 0.423 e. The summed E-state index contributed by atoms with van der Waals surface area (Å²) in [5.41, 5.74) is 2.73. The number of rotatable bonds is 3. The number of hydrogen-bond acceptors (Lipinski definition) is 4. The molecule has 0 saturated heterocycles. The van der Waals surface area contributed by atoms with Gasteiger partial charge in [-0.15, -0.1) is 0 Å². The monoisotopic (exact) mass is 283 g/mol. The maximum absolute atomic E-state index is 9.32. The van der Waals surface area contributed by atoms with Gasteiger partial charge in [-0.25, -0.2) is 0 Å². The molecule has 7 heteroatoms. The lowest BCUT2D eigenvalue weighted by Gasteiger charge is -2.05. The van der Waals surface area contributed by atoms with Crippen LogP contribution < -0.4 is 10.9 Å². The van der Waals surface area contributed by atoms with Gasteiger partial charge in [0.25, 0.3) is 0 Å². The van der Waals surface area contributed by atoms with E-state index < -0.39 is 14.2 Å². The Bertz CT molecular complexity index is 813. The first-order chi connectivity index (χ1) is 10.0. The lowest BCUT2D eigenvalue weighted by atomic mass is 9.79. The average molecular weight is 283 g/mol. The van der Waals surface area contributed by atoms with Crippen LogP contribution in [0.3, 0.4) is 0 Å². The van der Waals surface area contributed by atoms with Gasteiger partial charge in [-0.2, -0.15) is 0 Å². The van der Waals surface area contributed by atoms with Gasteiger partial charge in [0.05, 0.1) is 0 Å². The molecule has 4 N–H and O–H groups in total. The second kappa shape index (κ2) is 5.20. The predicted octanol–water partition coefficient (Wildman–Crippen LogP) is -0.826. The van der Waals surface area contributed by atoms with E-state index in [2.05, 4.69) is 4.57 Å². The van der Waals surface area contributed by atoms with Gasteiger partial charge < -0.3 is 24.7 Å². The topological polar surface area (TPSA) is 85.9 Å². The zero-order chi connectivity index (χ0) is 15.1. The summed E-state index contributed by atoms with van der Waals surface area (Å²) in [7, 11) is -3.01. The summed E-state index contributed by atoms with van der Waals surface area (Å²) in [4.78, 5) is 0. The molecule has 0 atom stereocenters. The molecule has 2 aromatic carbocycles. The Morgan fingerprint density at radius 3 is 2.05 bits per heavy atom. The minimum atomic E-state index is -1.51. The quantitative estimate of drug-likeness (QED) is 0.473. The van der Waals surface area contributed by atoms with Crippen molar-refractivity contribution in [3.05, 3.63) is 36.4 Å². The highest BCUT2D eigenvalue weighted by molar-refractivity contribution is 6.59. The number of hydrogen-bond donors (Lipinski definition) is 4. The predicted molar refractivity (Wildman–Crippen MR) is 84.8 cm³/mol. The van der Waals surface area contributed by atoms with Crippen molar-refractivity contribution < 1.29 is 20.1 Å². The lowest BCUT2D eigenvalue weighted by molar-refractivity contribution is 0.424. The van der Waals surface area contributed by atoms with Crippen LogP contribution in [-0.4, -0.2) is 38.9 Å². The van der Waals surface area contributed by atoms with Crippen LogP contribution in [0, 0.1) is 0 Å².